The van der Waals surface area contributed by atoms with Crippen molar-refractivity contribution < 1.29 is 9.90 Å². The Morgan fingerprint density at radius 2 is 1.81 bits per heavy atom. The van der Waals surface area contributed by atoms with E-state index in [1.54, 1.807) is 20.0 Å². The molecule has 5 rings (SSSR count). The van der Waals surface area contributed by atoms with E-state index in [4.69, 9.17) is 4.98 Å². The van der Waals surface area contributed by atoms with Gasteiger partial charge >= 0.3 is 0 Å². The monoisotopic (exact) mass is 505 g/mol. The van der Waals surface area contributed by atoms with E-state index in [0.29, 0.717) is 28.7 Å². The molecule has 0 bridgehead atoms. The van der Waals surface area contributed by atoms with Gasteiger partial charge in [-0.3, -0.25) is 9.59 Å². The zero-order chi connectivity index (χ0) is 26.2. The predicted molar refractivity (Wildman–Crippen MR) is 145 cm³/mol. The van der Waals surface area contributed by atoms with Crippen molar-refractivity contribution in [2.75, 3.05) is 34.8 Å². The summed E-state index contributed by atoms with van der Waals surface area (Å²) in [5, 5.41) is 20.2. The highest BCUT2D eigenvalue weighted by Crippen LogP contribution is 2.30. The van der Waals surface area contributed by atoms with E-state index < -0.39 is 5.60 Å². The number of piperidine rings is 2. The normalized spacial score (nSPS) is 19.3. The van der Waals surface area contributed by atoms with E-state index in [-0.39, 0.29) is 17.3 Å². The maximum atomic E-state index is 12.6. The summed E-state index contributed by atoms with van der Waals surface area (Å²) in [6.45, 7) is 7.71. The maximum Gasteiger partial charge on any atom is 0.277 e. The van der Waals surface area contributed by atoms with E-state index >= 15 is 0 Å². The number of aliphatic hydroxyl groups is 1. The third kappa shape index (κ3) is 5.29. The van der Waals surface area contributed by atoms with Crippen molar-refractivity contribution in [3.63, 3.8) is 0 Å². The Morgan fingerprint density at radius 3 is 2.49 bits per heavy atom. The molecule has 3 aromatic rings. The Bertz CT molecular complexity index is 1320. The fourth-order valence-electron chi connectivity index (χ4n) is 5.40. The molecule has 2 saturated heterocycles. The highest BCUT2D eigenvalue weighted by atomic mass is 16.3. The van der Waals surface area contributed by atoms with Crippen LogP contribution in [-0.4, -0.2) is 62.3 Å². The number of nitrogens with zero attached hydrogens (tertiary/aromatic N) is 5. The van der Waals surface area contributed by atoms with Gasteiger partial charge in [0.1, 0.15) is 22.3 Å². The summed E-state index contributed by atoms with van der Waals surface area (Å²) in [6.07, 6.45) is 6.39. The first-order valence-electron chi connectivity index (χ1n) is 13.1. The van der Waals surface area contributed by atoms with Gasteiger partial charge in [0.2, 0.25) is 5.95 Å². The van der Waals surface area contributed by atoms with Gasteiger partial charge in [-0.05, 0) is 77.1 Å². The van der Waals surface area contributed by atoms with Gasteiger partial charge in [-0.2, -0.15) is 10.1 Å². The zero-order valence-corrected chi connectivity index (χ0v) is 21.7. The first kappa shape index (κ1) is 25.1. The smallest absolute Gasteiger partial charge is 0.277 e. The van der Waals surface area contributed by atoms with Gasteiger partial charge in [-0.25, -0.2) is 10.1 Å². The number of carbonyl (C=O) groups is 1. The van der Waals surface area contributed by atoms with Gasteiger partial charge in [0, 0.05) is 43.0 Å². The van der Waals surface area contributed by atoms with E-state index in [2.05, 4.69) is 37.2 Å². The van der Waals surface area contributed by atoms with Crippen LogP contribution in [0.25, 0.3) is 10.9 Å². The summed E-state index contributed by atoms with van der Waals surface area (Å²) in [5.41, 5.74) is 0.768. The van der Waals surface area contributed by atoms with E-state index in [0.717, 1.165) is 56.7 Å². The van der Waals surface area contributed by atoms with Crippen LogP contribution in [0.1, 0.15) is 52.9 Å². The summed E-state index contributed by atoms with van der Waals surface area (Å²) in [4.78, 5) is 39.0. The molecule has 1 atom stereocenters. The second kappa shape index (κ2) is 10.1. The number of benzene rings is 1. The lowest BCUT2D eigenvalue weighted by Crippen LogP contribution is -2.43. The van der Waals surface area contributed by atoms with Crippen LogP contribution in [0, 0.1) is 5.92 Å². The second-order valence-electron chi connectivity index (χ2n) is 10.7. The fraction of sp³-hybridized carbons (Fsp3) is 0.519. The average Bonchev–Trinajstić information content (AvgIpc) is 2.88. The van der Waals surface area contributed by atoms with E-state index in [1.165, 1.54) is 6.42 Å². The van der Waals surface area contributed by atoms with Crippen LogP contribution < -0.4 is 20.7 Å². The summed E-state index contributed by atoms with van der Waals surface area (Å²) < 4.78 is 0. The first-order chi connectivity index (χ1) is 17.7. The van der Waals surface area contributed by atoms with Crippen LogP contribution in [0.5, 0.6) is 0 Å². The lowest BCUT2D eigenvalue weighted by molar-refractivity contribution is -0.139. The Hall–Kier alpha value is -3.53. The quantitative estimate of drug-likeness (QED) is 0.462. The molecule has 0 radical (unpaired) electrons. The number of carbonyl (C=O) groups excluding carboxylic acids is 1. The molecule has 0 aliphatic carbocycles. The number of aromatic amines is 1. The Morgan fingerprint density at radius 1 is 1.08 bits per heavy atom. The fourth-order valence-corrected chi connectivity index (χ4v) is 5.40. The predicted octanol–water partition coefficient (Wildman–Crippen LogP) is 3.39. The van der Waals surface area contributed by atoms with E-state index in [9.17, 15) is 14.7 Å². The van der Waals surface area contributed by atoms with Crippen LogP contribution in [0.3, 0.4) is 0 Å². The van der Waals surface area contributed by atoms with Crippen LogP contribution in [-0.2, 0) is 4.79 Å². The minimum atomic E-state index is -1.28. The van der Waals surface area contributed by atoms with Crippen molar-refractivity contribution in [3.05, 3.63) is 40.8 Å². The third-order valence-electron chi connectivity index (χ3n) is 7.53. The van der Waals surface area contributed by atoms with Gasteiger partial charge in [0.25, 0.3) is 5.56 Å². The van der Waals surface area contributed by atoms with Crippen molar-refractivity contribution >= 4 is 39.8 Å². The van der Waals surface area contributed by atoms with Crippen molar-refractivity contribution in [1.82, 2.24) is 20.2 Å². The van der Waals surface area contributed by atoms with Crippen molar-refractivity contribution in [3.8, 4) is 0 Å². The van der Waals surface area contributed by atoms with Gasteiger partial charge in [-0.15, -0.1) is 0 Å². The number of Topliss-reactive ketones (excluding diaryl/α,β-unsaturated/α-hetero) is 1. The number of aromatic nitrogens is 4. The van der Waals surface area contributed by atoms with Crippen LogP contribution >= 0.6 is 0 Å². The van der Waals surface area contributed by atoms with Crippen molar-refractivity contribution in [2.24, 2.45) is 5.92 Å². The average molecular weight is 506 g/mol. The number of H-pyrrole nitrogens is 1. The SMILES string of the molecule is CC1CCCCN1c1nc(Nc2ccc(N3CCC(C(=O)C(C)(C)O)CC3)cc2)c2c(=O)[nH]ncc2n1. The molecule has 3 N–H and O–H groups in total. The first-order valence-corrected chi connectivity index (χ1v) is 13.1. The number of fused-ring (bicyclic) bond motifs is 1. The summed E-state index contributed by atoms with van der Waals surface area (Å²) in [5.74, 6) is 0.884. The number of rotatable bonds is 6. The molecule has 0 amide bonds. The molecule has 0 spiro atoms. The minimum Gasteiger partial charge on any atom is -0.383 e. The third-order valence-corrected chi connectivity index (χ3v) is 7.53. The zero-order valence-electron chi connectivity index (χ0n) is 21.7. The van der Waals surface area contributed by atoms with Gasteiger partial charge in [-0.1, -0.05) is 0 Å². The molecule has 0 saturated carbocycles. The molecule has 196 valence electrons. The topological polar surface area (TPSA) is 127 Å². The molecule has 2 fully saturated rings. The Labute approximate surface area is 216 Å². The number of ketones is 1. The Kier molecular flexibility index (Phi) is 6.85. The molecule has 1 unspecified atom stereocenters. The number of hydrogen-bond donors (Lipinski definition) is 3. The second-order valence-corrected chi connectivity index (χ2v) is 10.7. The molecule has 2 aliphatic rings. The van der Waals surface area contributed by atoms with E-state index in [1.807, 2.05) is 24.3 Å². The summed E-state index contributed by atoms with van der Waals surface area (Å²) in [6, 6.07) is 8.33. The van der Waals surface area contributed by atoms with Gasteiger partial charge in [0.15, 0.2) is 5.78 Å². The Balaban J connectivity index is 1.35. The molecular weight excluding hydrogens is 470 g/mol. The molecule has 1 aromatic carbocycles. The van der Waals surface area contributed by atoms with Crippen LogP contribution in [0.2, 0.25) is 0 Å². The molecule has 4 heterocycles. The van der Waals surface area contributed by atoms with Crippen LogP contribution in [0.15, 0.2) is 35.3 Å². The highest BCUT2D eigenvalue weighted by Gasteiger charge is 2.33. The highest BCUT2D eigenvalue weighted by molar-refractivity contribution is 5.90. The summed E-state index contributed by atoms with van der Waals surface area (Å²) in [7, 11) is 0. The molecule has 2 aliphatic heterocycles. The summed E-state index contributed by atoms with van der Waals surface area (Å²) >= 11 is 0. The molecule has 2 aromatic heterocycles. The lowest BCUT2D eigenvalue weighted by Gasteiger charge is -2.35. The molecule has 10 nitrogen and oxygen atoms in total. The van der Waals surface area contributed by atoms with Gasteiger partial charge < -0.3 is 20.2 Å². The number of hydrogen-bond acceptors (Lipinski definition) is 9. The minimum absolute atomic E-state index is 0.0766. The standard InChI is InChI=1S/C27H35N7O3/c1-17-6-4-5-13-34(17)26-30-21-16-28-32-25(36)22(21)24(31-26)29-19-7-9-20(10-8-19)33-14-11-18(12-15-33)23(35)27(2,3)37/h7-10,16-18,37H,4-6,11-15H2,1-3H3,(H,32,36)(H,29,30,31). The van der Waals surface area contributed by atoms with Crippen LogP contribution in [0.4, 0.5) is 23.1 Å². The molecule has 37 heavy (non-hydrogen) atoms. The van der Waals surface area contributed by atoms with Gasteiger partial charge in [0.05, 0.1) is 6.20 Å². The maximum absolute atomic E-state index is 12.6. The lowest BCUT2D eigenvalue weighted by atomic mass is 9.85. The largest absolute Gasteiger partial charge is 0.383 e. The van der Waals surface area contributed by atoms with Crippen molar-refractivity contribution in [2.45, 2.75) is 64.5 Å². The molecule has 10 heteroatoms. The number of anilines is 4. The molecular formula is C27H35N7O3. The number of nitrogens with one attached hydrogen (secondary N) is 2. The van der Waals surface area contributed by atoms with Crippen molar-refractivity contribution in [1.29, 1.82) is 0 Å².